The number of hydrogen-bond donors (Lipinski definition) is 2. The highest BCUT2D eigenvalue weighted by Gasteiger charge is 2.60. The van der Waals surface area contributed by atoms with Crippen LogP contribution in [0.4, 0.5) is 0 Å². The molecule has 3 saturated heterocycles. The number of hydrogen-bond acceptors (Lipinski definition) is 8. The van der Waals surface area contributed by atoms with Gasteiger partial charge in [0, 0.05) is 25.2 Å². The summed E-state index contributed by atoms with van der Waals surface area (Å²) in [6, 6.07) is 0. The zero-order valence-corrected chi connectivity index (χ0v) is 26.0. The van der Waals surface area contributed by atoms with Gasteiger partial charge in [0.15, 0.2) is 5.79 Å². The fraction of sp³-hybridized carbons (Fsp3) is 0.706. The molecule has 2 bridgehead atoms. The maximum Gasteiger partial charge on any atom is 0.316 e. The van der Waals surface area contributed by atoms with Crippen LogP contribution in [0, 0.1) is 29.6 Å². The maximum absolute atomic E-state index is 14.1. The molecule has 0 radical (unpaired) electrons. The highest BCUT2D eigenvalue weighted by molar-refractivity contribution is 5.80. The molecule has 0 saturated carbocycles. The number of nitrogens with zero attached hydrogens (tertiary/aromatic N) is 1. The van der Waals surface area contributed by atoms with Gasteiger partial charge in [-0.15, -0.1) is 5.16 Å². The van der Waals surface area contributed by atoms with Crippen LogP contribution in [0.15, 0.2) is 52.3 Å². The van der Waals surface area contributed by atoms with Crippen LogP contribution in [0.2, 0.25) is 0 Å². The zero-order chi connectivity index (χ0) is 30.2. The van der Waals surface area contributed by atoms with Crippen LogP contribution in [0.1, 0.15) is 80.1 Å². The molecular formula is C34H49NO7. The first-order valence-corrected chi connectivity index (χ1v) is 15.7. The molecule has 5 unspecified atom stereocenters. The average molecular weight is 584 g/mol. The number of rotatable bonds is 2. The summed E-state index contributed by atoms with van der Waals surface area (Å²) < 4.78 is 25.9. The van der Waals surface area contributed by atoms with Crippen LogP contribution in [0.5, 0.6) is 0 Å². The molecule has 42 heavy (non-hydrogen) atoms. The Bertz CT molecular complexity index is 1170. The molecule has 8 heteroatoms. The molecule has 0 aromatic heterocycles. The Hall–Kier alpha value is -2.26. The van der Waals surface area contributed by atoms with E-state index >= 15 is 0 Å². The molecule has 3 fully saturated rings. The van der Waals surface area contributed by atoms with E-state index in [2.05, 4.69) is 51.9 Å². The second kappa shape index (κ2) is 12.4. The number of aliphatic hydroxyl groups is 1. The van der Waals surface area contributed by atoms with Crippen LogP contribution in [0.3, 0.4) is 0 Å². The van der Waals surface area contributed by atoms with E-state index in [0.29, 0.717) is 30.3 Å². The molecule has 1 spiro atoms. The normalized spacial score (nSPS) is 46.4. The summed E-state index contributed by atoms with van der Waals surface area (Å²) in [5.41, 5.74) is 1.05. The summed E-state index contributed by atoms with van der Waals surface area (Å²) >= 11 is 0. The molecule has 1 aliphatic carbocycles. The fourth-order valence-corrected chi connectivity index (χ4v) is 7.81. The Balaban J connectivity index is 1.53. The van der Waals surface area contributed by atoms with Gasteiger partial charge in [-0.05, 0) is 56.4 Å². The number of allylic oxidation sites excluding steroid dienone is 4. The molecule has 0 aromatic carbocycles. The Labute approximate surface area is 250 Å². The van der Waals surface area contributed by atoms with Crippen LogP contribution in [-0.4, -0.2) is 64.9 Å². The number of oxime groups is 1. The third-order valence-corrected chi connectivity index (χ3v) is 9.99. The Morgan fingerprint density at radius 1 is 1.17 bits per heavy atom. The zero-order valence-electron chi connectivity index (χ0n) is 26.0. The lowest BCUT2D eigenvalue weighted by Gasteiger charge is -2.50. The average Bonchev–Trinajstić information content (AvgIpc) is 3.26. The molecule has 232 valence electrons. The van der Waals surface area contributed by atoms with Gasteiger partial charge in [-0.25, -0.2) is 0 Å². The van der Waals surface area contributed by atoms with Gasteiger partial charge in [-0.2, -0.15) is 0 Å². The lowest BCUT2D eigenvalue weighted by atomic mass is 9.68. The van der Waals surface area contributed by atoms with Crippen LogP contribution in [0.25, 0.3) is 0 Å². The predicted molar refractivity (Wildman–Crippen MR) is 160 cm³/mol. The monoisotopic (exact) mass is 583 g/mol. The van der Waals surface area contributed by atoms with Crippen molar-refractivity contribution in [3.63, 3.8) is 0 Å². The smallest absolute Gasteiger partial charge is 0.316 e. The van der Waals surface area contributed by atoms with Gasteiger partial charge in [0.1, 0.15) is 23.7 Å². The quantitative estimate of drug-likeness (QED) is 0.137. The molecule has 5 rings (SSSR count). The molecule has 10 atom stereocenters. The molecule has 5 aliphatic rings. The van der Waals surface area contributed by atoms with Crippen LogP contribution in [-0.2, 0) is 23.7 Å². The molecule has 2 N–H and O–H groups in total. The molecule has 8 nitrogen and oxygen atoms in total. The minimum Gasteiger partial charge on any atom is -0.462 e. The van der Waals surface area contributed by atoms with E-state index in [1.165, 1.54) is 11.8 Å². The van der Waals surface area contributed by atoms with Crippen molar-refractivity contribution in [1.82, 2.24) is 0 Å². The van der Waals surface area contributed by atoms with E-state index < -0.39 is 41.4 Å². The van der Waals surface area contributed by atoms with Crippen molar-refractivity contribution in [1.29, 1.82) is 0 Å². The molecule has 4 aliphatic heterocycles. The van der Waals surface area contributed by atoms with Crippen molar-refractivity contribution in [3.8, 4) is 0 Å². The Kier molecular flexibility index (Phi) is 9.19. The first-order valence-electron chi connectivity index (χ1n) is 15.7. The standard InChI is InChI=1S/C34H49NO7/c1-20(2)30-23(5)12-13-33(42-30)17-27-16-26(41-33)11-10-22(4)14-21(3)8-7-9-25-19-39-31-28(18-35-38)24(6)15-29(32(36)40-27)34(25,31)37/h7-10,15,18,20-21,23,26-31,37-38H,11-14,16-17,19H2,1-6H3/b8-7-,22-10+,25-9-,35-18+/t21-,23-,26?,27-,28?,29?,30?,31?,33+,34+/m0/s1. The number of ether oxygens (including phenoxy) is 4. The number of carbonyl (C=O) groups excluding carboxylic acids is 1. The van der Waals surface area contributed by atoms with E-state index in [0.717, 1.165) is 31.3 Å². The van der Waals surface area contributed by atoms with Crippen molar-refractivity contribution in [2.45, 2.75) is 116 Å². The van der Waals surface area contributed by atoms with Gasteiger partial charge in [0.05, 0.1) is 25.0 Å². The van der Waals surface area contributed by atoms with Gasteiger partial charge in [0.25, 0.3) is 0 Å². The fourth-order valence-electron chi connectivity index (χ4n) is 7.81. The maximum atomic E-state index is 14.1. The molecular weight excluding hydrogens is 534 g/mol. The summed E-state index contributed by atoms with van der Waals surface area (Å²) in [6.45, 7) is 13.0. The van der Waals surface area contributed by atoms with Gasteiger partial charge in [-0.1, -0.05) is 69.2 Å². The first kappa shape index (κ1) is 31.2. The minimum atomic E-state index is -1.63. The van der Waals surface area contributed by atoms with E-state index in [9.17, 15) is 15.1 Å². The Morgan fingerprint density at radius 3 is 2.69 bits per heavy atom. The molecule has 0 amide bonds. The van der Waals surface area contributed by atoms with Crippen molar-refractivity contribution < 1.29 is 34.1 Å². The first-order chi connectivity index (χ1) is 20.0. The second-order valence-corrected chi connectivity index (χ2v) is 13.8. The molecule has 0 aromatic rings. The number of carbonyl (C=O) groups is 1. The number of esters is 1. The van der Waals surface area contributed by atoms with Crippen molar-refractivity contribution in [2.24, 2.45) is 34.7 Å². The van der Waals surface area contributed by atoms with Crippen molar-refractivity contribution in [3.05, 3.63) is 47.1 Å². The second-order valence-electron chi connectivity index (χ2n) is 13.8. The summed E-state index contributed by atoms with van der Waals surface area (Å²) in [6.07, 6.45) is 14.4. The van der Waals surface area contributed by atoms with Crippen LogP contribution < -0.4 is 0 Å². The number of fused-ring (bicyclic) bond motifs is 2. The minimum absolute atomic E-state index is 0.0653. The lowest BCUT2D eigenvalue weighted by Crippen LogP contribution is -2.57. The Morgan fingerprint density at radius 2 is 1.95 bits per heavy atom. The van der Waals surface area contributed by atoms with Crippen molar-refractivity contribution in [2.75, 3.05) is 6.61 Å². The largest absolute Gasteiger partial charge is 0.462 e. The SMILES string of the molecule is CC1=CC2C(=O)O[C@H]3CC(C/C=C(\C)C[C@@H](C)/C=C\C=C4\COC(C1/C=N/O)[C@@]42O)O[C@@]1(CC[C@H](C)C(C(C)C)O1)C3. The van der Waals surface area contributed by atoms with Gasteiger partial charge < -0.3 is 29.3 Å². The van der Waals surface area contributed by atoms with E-state index in [4.69, 9.17) is 18.9 Å². The van der Waals surface area contributed by atoms with E-state index in [1.54, 1.807) is 6.08 Å². The summed E-state index contributed by atoms with van der Waals surface area (Å²) in [4.78, 5) is 14.1. The third-order valence-electron chi connectivity index (χ3n) is 9.99. The summed E-state index contributed by atoms with van der Waals surface area (Å²) in [7, 11) is 0. The highest BCUT2D eigenvalue weighted by atomic mass is 16.7. The van der Waals surface area contributed by atoms with E-state index in [1.807, 2.05) is 19.1 Å². The molecule has 4 heterocycles. The van der Waals surface area contributed by atoms with Gasteiger partial charge in [-0.3, -0.25) is 4.79 Å². The highest BCUT2D eigenvalue weighted by Crippen LogP contribution is 2.49. The van der Waals surface area contributed by atoms with Crippen molar-refractivity contribution >= 4 is 12.2 Å². The third kappa shape index (κ3) is 6.05. The van der Waals surface area contributed by atoms with Crippen LogP contribution >= 0.6 is 0 Å². The summed E-state index contributed by atoms with van der Waals surface area (Å²) in [5, 5.41) is 24.9. The topological polar surface area (TPSA) is 107 Å². The predicted octanol–water partition coefficient (Wildman–Crippen LogP) is 5.89. The van der Waals surface area contributed by atoms with E-state index in [-0.39, 0.29) is 24.7 Å². The lowest BCUT2D eigenvalue weighted by molar-refractivity contribution is -0.340. The summed E-state index contributed by atoms with van der Waals surface area (Å²) in [5.74, 6) is -1.68. The van der Waals surface area contributed by atoms with Gasteiger partial charge >= 0.3 is 5.97 Å². The van der Waals surface area contributed by atoms with Gasteiger partial charge in [0.2, 0.25) is 0 Å².